The molecule has 0 aliphatic rings. The molecule has 1 aromatic rings. The highest BCUT2D eigenvalue weighted by Crippen LogP contribution is 2.30. The highest BCUT2D eigenvalue weighted by atomic mass is 127. The van der Waals surface area contributed by atoms with Crippen molar-refractivity contribution in [2.24, 2.45) is 0 Å². The molecule has 1 amide bonds. The van der Waals surface area contributed by atoms with Gasteiger partial charge in [0.15, 0.2) is 18.1 Å². The van der Waals surface area contributed by atoms with Crippen LogP contribution in [0.2, 0.25) is 0 Å². The normalized spacial score (nSPS) is 10.6. The number of rotatable bonds is 15. The first-order valence-electron chi connectivity index (χ1n) is 10.5. The molecule has 1 aromatic carbocycles. The van der Waals surface area contributed by atoms with E-state index in [0.29, 0.717) is 12.2 Å². The summed E-state index contributed by atoms with van der Waals surface area (Å²) in [6.07, 6.45) is 11.1. The summed E-state index contributed by atoms with van der Waals surface area (Å²) >= 11 is 2.08. The number of methoxy groups -OCH3 is 1. The Balaban J connectivity index is 2.13. The van der Waals surface area contributed by atoms with Gasteiger partial charge >= 0.3 is 5.97 Å². The monoisotopic (exact) mass is 519 g/mol. The van der Waals surface area contributed by atoms with Crippen molar-refractivity contribution in [3.05, 3.63) is 21.3 Å². The molecular formula is C22H34INO5. The summed E-state index contributed by atoms with van der Waals surface area (Å²) in [4.78, 5) is 23.7. The average Bonchev–Trinajstić information content (AvgIpc) is 2.70. The molecule has 6 nitrogen and oxygen atoms in total. The van der Waals surface area contributed by atoms with Gasteiger partial charge in [-0.05, 0) is 46.7 Å². The third-order valence-electron chi connectivity index (χ3n) is 4.67. The first kappa shape index (κ1) is 25.5. The fourth-order valence-corrected chi connectivity index (χ4v) is 3.57. The number of phenols is 1. The number of benzene rings is 1. The van der Waals surface area contributed by atoms with Crippen molar-refractivity contribution in [3.63, 3.8) is 0 Å². The van der Waals surface area contributed by atoms with Crippen LogP contribution in [-0.2, 0) is 20.9 Å². The second-order valence-corrected chi connectivity index (χ2v) is 8.29. The van der Waals surface area contributed by atoms with Gasteiger partial charge in [0.1, 0.15) is 0 Å². The number of amides is 1. The number of hydrogen-bond donors (Lipinski definition) is 2. The maximum atomic E-state index is 11.9. The molecule has 29 heavy (non-hydrogen) atoms. The van der Waals surface area contributed by atoms with Crippen molar-refractivity contribution in [2.45, 2.75) is 77.7 Å². The van der Waals surface area contributed by atoms with E-state index in [0.717, 1.165) is 28.4 Å². The van der Waals surface area contributed by atoms with E-state index in [1.807, 2.05) is 0 Å². The number of aromatic hydroxyl groups is 1. The van der Waals surface area contributed by atoms with Crippen LogP contribution in [-0.4, -0.2) is 30.7 Å². The van der Waals surface area contributed by atoms with E-state index in [-0.39, 0.29) is 30.8 Å². The lowest BCUT2D eigenvalue weighted by atomic mass is 10.1. The van der Waals surface area contributed by atoms with Crippen molar-refractivity contribution >= 4 is 34.5 Å². The first-order chi connectivity index (χ1) is 14.0. The molecule has 0 aliphatic heterocycles. The van der Waals surface area contributed by atoms with Crippen molar-refractivity contribution in [3.8, 4) is 11.5 Å². The van der Waals surface area contributed by atoms with Crippen LogP contribution < -0.4 is 10.1 Å². The number of hydrogen-bond acceptors (Lipinski definition) is 5. The molecular weight excluding hydrogens is 485 g/mol. The minimum Gasteiger partial charge on any atom is -0.504 e. The van der Waals surface area contributed by atoms with E-state index >= 15 is 0 Å². The van der Waals surface area contributed by atoms with Crippen LogP contribution in [0.1, 0.15) is 76.7 Å². The van der Waals surface area contributed by atoms with E-state index in [9.17, 15) is 14.7 Å². The standard InChI is InChI=1S/C22H34INO5/c1-3-4-5-6-7-8-9-10-11-12-22(27)29-16-21(26)24-15-17-13-20(28-2)19(25)14-18(17)23/h13-14,25H,3-12,15-16H2,1-2H3,(H,24,26). The largest absolute Gasteiger partial charge is 0.504 e. The van der Waals surface area contributed by atoms with Gasteiger partial charge in [-0.3, -0.25) is 9.59 Å². The Morgan fingerprint density at radius 3 is 2.28 bits per heavy atom. The van der Waals surface area contributed by atoms with Crippen LogP contribution in [0.4, 0.5) is 0 Å². The lowest BCUT2D eigenvalue weighted by Gasteiger charge is -2.11. The minimum absolute atomic E-state index is 0.0531. The molecule has 164 valence electrons. The highest BCUT2D eigenvalue weighted by Gasteiger charge is 2.11. The molecule has 2 N–H and O–H groups in total. The third-order valence-corrected chi connectivity index (χ3v) is 5.68. The number of esters is 1. The summed E-state index contributed by atoms with van der Waals surface area (Å²) in [6.45, 7) is 2.21. The lowest BCUT2D eigenvalue weighted by Crippen LogP contribution is -2.28. The van der Waals surface area contributed by atoms with Crippen molar-refractivity contribution in [1.82, 2.24) is 5.32 Å². The number of unbranched alkanes of at least 4 members (excludes halogenated alkanes) is 8. The fraction of sp³-hybridized carbons (Fsp3) is 0.636. The summed E-state index contributed by atoms with van der Waals surface area (Å²) in [6, 6.07) is 3.25. The second kappa shape index (κ2) is 15.3. The van der Waals surface area contributed by atoms with Gasteiger partial charge in [0.2, 0.25) is 0 Å². The topological polar surface area (TPSA) is 84.9 Å². The summed E-state index contributed by atoms with van der Waals surface area (Å²) < 4.78 is 10.9. The van der Waals surface area contributed by atoms with E-state index in [1.165, 1.54) is 45.6 Å². The predicted molar refractivity (Wildman–Crippen MR) is 122 cm³/mol. The minimum atomic E-state index is -0.353. The van der Waals surface area contributed by atoms with E-state index in [4.69, 9.17) is 9.47 Å². The zero-order chi connectivity index (χ0) is 21.5. The van der Waals surface area contributed by atoms with Crippen molar-refractivity contribution < 1.29 is 24.2 Å². The molecule has 0 aromatic heterocycles. The Morgan fingerprint density at radius 1 is 1.03 bits per heavy atom. The number of halogens is 1. The molecule has 0 atom stereocenters. The fourth-order valence-electron chi connectivity index (χ4n) is 2.93. The van der Waals surface area contributed by atoms with Crippen molar-refractivity contribution in [1.29, 1.82) is 0 Å². The molecule has 0 heterocycles. The van der Waals surface area contributed by atoms with Crippen LogP contribution in [0.5, 0.6) is 11.5 Å². The first-order valence-corrected chi connectivity index (χ1v) is 11.5. The van der Waals surface area contributed by atoms with Gasteiger partial charge in [-0.2, -0.15) is 0 Å². The average molecular weight is 519 g/mol. The van der Waals surface area contributed by atoms with Gasteiger partial charge in [-0.25, -0.2) is 0 Å². The zero-order valence-corrected chi connectivity index (χ0v) is 19.8. The summed E-state index contributed by atoms with van der Waals surface area (Å²) in [5.74, 6) is -0.281. The van der Waals surface area contributed by atoms with Gasteiger partial charge in [-0.15, -0.1) is 0 Å². The molecule has 0 saturated heterocycles. The molecule has 0 saturated carbocycles. The smallest absolute Gasteiger partial charge is 0.306 e. The van der Waals surface area contributed by atoms with Gasteiger partial charge < -0.3 is 19.9 Å². The van der Waals surface area contributed by atoms with Crippen LogP contribution >= 0.6 is 22.6 Å². The molecule has 0 spiro atoms. The molecule has 0 aliphatic carbocycles. The van der Waals surface area contributed by atoms with Gasteiger partial charge in [0.25, 0.3) is 5.91 Å². The Labute approximate surface area is 187 Å². The Bertz CT molecular complexity index is 636. The quantitative estimate of drug-likeness (QED) is 0.192. The number of phenolic OH excluding ortho intramolecular Hbond substituents is 1. The van der Waals surface area contributed by atoms with Gasteiger partial charge in [-0.1, -0.05) is 58.3 Å². The number of ether oxygens (including phenoxy) is 2. The van der Waals surface area contributed by atoms with Crippen LogP contribution in [0.15, 0.2) is 12.1 Å². The Hall–Kier alpha value is -1.51. The molecule has 1 rings (SSSR count). The molecule has 0 bridgehead atoms. The maximum Gasteiger partial charge on any atom is 0.306 e. The maximum absolute atomic E-state index is 11.9. The van der Waals surface area contributed by atoms with E-state index in [1.54, 1.807) is 12.1 Å². The summed E-state index contributed by atoms with van der Waals surface area (Å²) in [5, 5.41) is 12.4. The molecule has 0 fully saturated rings. The predicted octanol–water partition coefficient (Wildman–Crippen LogP) is 5.09. The molecule has 0 radical (unpaired) electrons. The van der Waals surface area contributed by atoms with Gasteiger partial charge in [0.05, 0.1) is 7.11 Å². The Morgan fingerprint density at radius 2 is 1.66 bits per heavy atom. The van der Waals surface area contributed by atoms with Crippen LogP contribution in [0.3, 0.4) is 0 Å². The lowest BCUT2D eigenvalue weighted by molar-refractivity contribution is -0.148. The number of carbonyl (C=O) groups is 2. The summed E-state index contributed by atoms with van der Waals surface area (Å²) in [5.41, 5.74) is 0.814. The van der Waals surface area contributed by atoms with E-state index < -0.39 is 0 Å². The number of nitrogens with one attached hydrogen (secondary N) is 1. The van der Waals surface area contributed by atoms with E-state index in [2.05, 4.69) is 34.8 Å². The van der Waals surface area contributed by atoms with Gasteiger partial charge in [0, 0.05) is 16.5 Å². The second-order valence-electron chi connectivity index (χ2n) is 7.13. The molecule has 7 heteroatoms. The SMILES string of the molecule is CCCCCCCCCCCC(=O)OCC(=O)NCc1cc(OC)c(O)cc1I. The third kappa shape index (κ3) is 11.3. The zero-order valence-electron chi connectivity index (χ0n) is 17.6. The Kier molecular flexibility index (Phi) is 13.5. The summed E-state index contributed by atoms with van der Waals surface area (Å²) in [7, 11) is 1.47. The highest BCUT2D eigenvalue weighted by molar-refractivity contribution is 14.1. The molecule has 0 unspecified atom stereocenters. The number of carbonyl (C=O) groups excluding carboxylic acids is 2. The van der Waals surface area contributed by atoms with Crippen LogP contribution in [0.25, 0.3) is 0 Å². The van der Waals surface area contributed by atoms with Crippen LogP contribution in [0, 0.1) is 3.57 Å². The van der Waals surface area contributed by atoms with Crippen molar-refractivity contribution in [2.75, 3.05) is 13.7 Å².